The van der Waals surface area contributed by atoms with Crippen molar-refractivity contribution in [1.82, 2.24) is 15.0 Å². The van der Waals surface area contributed by atoms with Crippen molar-refractivity contribution in [3.63, 3.8) is 0 Å². The first kappa shape index (κ1) is 15.5. The van der Waals surface area contributed by atoms with E-state index in [0.717, 1.165) is 44.1 Å². The van der Waals surface area contributed by atoms with E-state index < -0.39 is 0 Å². The number of nitrogens with one attached hydrogen (secondary N) is 1. The maximum Gasteiger partial charge on any atom is 0.143 e. The van der Waals surface area contributed by atoms with E-state index in [1.54, 1.807) is 18.3 Å². The smallest absolute Gasteiger partial charge is 0.143 e. The predicted molar refractivity (Wildman–Crippen MR) is 86.8 cm³/mol. The normalized spacial score (nSPS) is 18.0. The predicted octanol–water partition coefficient (Wildman–Crippen LogP) is 2.49. The van der Waals surface area contributed by atoms with Crippen molar-refractivity contribution >= 4 is 5.82 Å². The van der Waals surface area contributed by atoms with Crippen LogP contribution < -0.4 is 5.32 Å². The fraction of sp³-hybridized carbons (Fsp3) is 0.471. The largest absolute Gasteiger partial charge is 0.369 e. The fourth-order valence-corrected chi connectivity index (χ4v) is 3.05. The van der Waals surface area contributed by atoms with Gasteiger partial charge in [0.05, 0.1) is 11.3 Å². The standard InChI is InChI=1S/C17H21N5O/c1-12-16(13(2)23-21-12)11-22-7-5-14(10-22)9-20-17-15(8-18)4-3-6-19-17/h3-4,6,14H,5,7,9-11H2,1-2H3,(H,19,20)/t14-/m0/s1. The number of nitriles is 1. The Bertz CT molecular complexity index is 699. The molecule has 0 bridgehead atoms. The lowest BCUT2D eigenvalue weighted by Gasteiger charge is -2.16. The van der Waals surface area contributed by atoms with Gasteiger partial charge in [-0.2, -0.15) is 5.26 Å². The Morgan fingerprint density at radius 2 is 2.35 bits per heavy atom. The van der Waals surface area contributed by atoms with Gasteiger partial charge in [-0.1, -0.05) is 5.16 Å². The Kier molecular flexibility index (Phi) is 4.58. The van der Waals surface area contributed by atoms with Gasteiger partial charge in [0.25, 0.3) is 0 Å². The quantitative estimate of drug-likeness (QED) is 0.914. The van der Waals surface area contributed by atoms with Gasteiger partial charge >= 0.3 is 0 Å². The summed E-state index contributed by atoms with van der Waals surface area (Å²) in [7, 11) is 0. The molecule has 2 aromatic heterocycles. The third-order valence-corrected chi connectivity index (χ3v) is 4.42. The molecule has 1 aliphatic rings. The van der Waals surface area contributed by atoms with E-state index in [9.17, 15) is 0 Å². The molecule has 1 fully saturated rings. The highest BCUT2D eigenvalue weighted by Crippen LogP contribution is 2.22. The second-order valence-corrected chi connectivity index (χ2v) is 6.08. The topological polar surface area (TPSA) is 78.0 Å². The highest BCUT2D eigenvalue weighted by molar-refractivity contribution is 5.51. The van der Waals surface area contributed by atoms with E-state index >= 15 is 0 Å². The second-order valence-electron chi connectivity index (χ2n) is 6.08. The Balaban J connectivity index is 1.53. The highest BCUT2D eigenvalue weighted by Gasteiger charge is 2.24. The summed E-state index contributed by atoms with van der Waals surface area (Å²) in [6, 6.07) is 5.74. The zero-order valence-electron chi connectivity index (χ0n) is 13.5. The molecule has 1 saturated heterocycles. The van der Waals surface area contributed by atoms with Gasteiger partial charge in [-0.3, -0.25) is 4.90 Å². The number of pyridine rings is 1. The zero-order valence-corrected chi connectivity index (χ0v) is 13.5. The molecule has 3 rings (SSSR count). The van der Waals surface area contributed by atoms with Crippen LogP contribution in [0.1, 0.15) is 29.0 Å². The van der Waals surface area contributed by atoms with Crippen LogP contribution in [0.4, 0.5) is 5.82 Å². The van der Waals surface area contributed by atoms with Gasteiger partial charge in [0.1, 0.15) is 17.6 Å². The third-order valence-electron chi connectivity index (χ3n) is 4.42. The minimum absolute atomic E-state index is 0.559. The van der Waals surface area contributed by atoms with E-state index in [0.29, 0.717) is 17.3 Å². The van der Waals surface area contributed by atoms with Gasteiger partial charge in [-0.15, -0.1) is 0 Å². The zero-order chi connectivity index (χ0) is 16.2. The Hall–Kier alpha value is -2.39. The van der Waals surface area contributed by atoms with Crippen LogP contribution in [0.25, 0.3) is 0 Å². The van der Waals surface area contributed by atoms with Crippen molar-refractivity contribution in [2.24, 2.45) is 5.92 Å². The van der Waals surface area contributed by atoms with Crippen LogP contribution in [-0.2, 0) is 6.54 Å². The van der Waals surface area contributed by atoms with Crippen molar-refractivity contribution in [2.45, 2.75) is 26.8 Å². The number of rotatable bonds is 5. The monoisotopic (exact) mass is 311 g/mol. The van der Waals surface area contributed by atoms with E-state index in [2.05, 4.69) is 26.4 Å². The summed E-state index contributed by atoms with van der Waals surface area (Å²) >= 11 is 0. The van der Waals surface area contributed by atoms with Gasteiger partial charge in [-0.25, -0.2) is 4.98 Å². The molecule has 0 radical (unpaired) electrons. The van der Waals surface area contributed by atoms with Gasteiger partial charge < -0.3 is 9.84 Å². The maximum atomic E-state index is 9.10. The molecule has 120 valence electrons. The van der Waals surface area contributed by atoms with Crippen LogP contribution in [0.5, 0.6) is 0 Å². The molecule has 3 heterocycles. The fourth-order valence-electron chi connectivity index (χ4n) is 3.05. The molecule has 6 nitrogen and oxygen atoms in total. The van der Waals surface area contributed by atoms with Crippen LogP contribution in [0.15, 0.2) is 22.9 Å². The average molecular weight is 311 g/mol. The van der Waals surface area contributed by atoms with Gasteiger partial charge in [0.2, 0.25) is 0 Å². The summed E-state index contributed by atoms with van der Waals surface area (Å²) in [6.07, 6.45) is 2.85. The van der Waals surface area contributed by atoms with E-state index in [4.69, 9.17) is 9.78 Å². The maximum absolute atomic E-state index is 9.10. The molecule has 0 saturated carbocycles. The summed E-state index contributed by atoms with van der Waals surface area (Å²) in [5.41, 5.74) is 2.78. The summed E-state index contributed by atoms with van der Waals surface area (Å²) in [6.45, 7) is 7.80. The number of nitrogens with zero attached hydrogens (tertiary/aromatic N) is 4. The molecule has 0 unspecified atom stereocenters. The molecule has 6 heteroatoms. The number of aryl methyl sites for hydroxylation is 2. The molecular weight excluding hydrogens is 290 g/mol. The molecule has 23 heavy (non-hydrogen) atoms. The van der Waals surface area contributed by atoms with Crippen LogP contribution in [0.2, 0.25) is 0 Å². The van der Waals surface area contributed by atoms with Crippen LogP contribution >= 0.6 is 0 Å². The molecule has 0 aromatic carbocycles. The first-order chi connectivity index (χ1) is 11.2. The lowest BCUT2D eigenvalue weighted by Crippen LogP contribution is -2.23. The molecule has 2 aromatic rings. The first-order valence-electron chi connectivity index (χ1n) is 7.90. The molecule has 1 N–H and O–H groups in total. The Morgan fingerprint density at radius 1 is 1.48 bits per heavy atom. The van der Waals surface area contributed by atoms with Crippen LogP contribution in [-0.4, -0.2) is 34.7 Å². The van der Waals surface area contributed by atoms with Crippen molar-refractivity contribution in [3.05, 3.63) is 40.9 Å². The molecule has 1 atom stereocenters. The van der Waals surface area contributed by atoms with Crippen molar-refractivity contribution in [2.75, 3.05) is 25.0 Å². The van der Waals surface area contributed by atoms with Crippen molar-refractivity contribution < 1.29 is 4.52 Å². The minimum atomic E-state index is 0.559. The minimum Gasteiger partial charge on any atom is -0.369 e. The number of anilines is 1. The lowest BCUT2D eigenvalue weighted by atomic mass is 10.1. The Labute approximate surface area is 136 Å². The molecule has 0 amide bonds. The Morgan fingerprint density at radius 3 is 3.09 bits per heavy atom. The second kappa shape index (κ2) is 6.80. The number of hydrogen-bond donors (Lipinski definition) is 1. The summed E-state index contributed by atoms with van der Waals surface area (Å²) in [4.78, 5) is 6.68. The van der Waals surface area contributed by atoms with E-state index in [1.165, 1.54) is 5.56 Å². The SMILES string of the molecule is Cc1noc(C)c1CN1CC[C@@H](CNc2ncccc2C#N)C1. The van der Waals surface area contributed by atoms with Crippen LogP contribution in [0, 0.1) is 31.1 Å². The average Bonchev–Trinajstić information content (AvgIpc) is 3.15. The number of likely N-dealkylation sites (tertiary alicyclic amines) is 1. The number of hydrogen-bond acceptors (Lipinski definition) is 6. The van der Waals surface area contributed by atoms with Crippen molar-refractivity contribution in [3.8, 4) is 6.07 Å². The van der Waals surface area contributed by atoms with Crippen molar-refractivity contribution in [1.29, 1.82) is 5.26 Å². The molecule has 0 aliphatic carbocycles. The van der Waals surface area contributed by atoms with E-state index in [1.807, 2.05) is 13.8 Å². The van der Waals surface area contributed by atoms with Crippen LogP contribution in [0.3, 0.4) is 0 Å². The molecular formula is C17H21N5O. The summed E-state index contributed by atoms with van der Waals surface area (Å²) in [5.74, 6) is 2.15. The first-order valence-corrected chi connectivity index (χ1v) is 7.90. The summed E-state index contributed by atoms with van der Waals surface area (Å²) in [5, 5.41) is 16.4. The number of aromatic nitrogens is 2. The highest BCUT2D eigenvalue weighted by atomic mass is 16.5. The van der Waals surface area contributed by atoms with Gasteiger partial charge in [0.15, 0.2) is 0 Å². The van der Waals surface area contributed by atoms with E-state index in [-0.39, 0.29) is 0 Å². The summed E-state index contributed by atoms with van der Waals surface area (Å²) < 4.78 is 5.24. The molecule has 1 aliphatic heterocycles. The van der Waals surface area contributed by atoms with Gasteiger partial charge in [0, 0.05) is 31.4 Å². The third kappa shape index (κ3) is 3.51. The van der Waals surface area contributed by atoms with Gasteiger partial charge in [-0.05, 0) is 44.9 Å². The molecule has 0 spiro atoms. The lowest BCUT2D eigenvalue weighted by molar-refractivity contribution is 0.315.